The van der Waals surface area contributed by atoms with Crippen molar-refractivity contribution in [2.75, 3.05) is 0 Å². The highest BCUT2D eigenvalue weighted by atomic mass is 16.5. The van der Waals surface area contributed by atoms with Crippen molar-refractivity contribution >= 4 is 0 Å². The Hall–Kier alpha value is -2.65. The molecule has 0 aliphatic rings. The molecule has 0 saturated carbocycles. The van der Waals surface area contributed by atoms with Gasteiger partial charge in [0.25, 0.3) is 0 Å². The Balaban J connectivity index is 1.51. The van der Waals surface area contributed by atoms with E-state index < -0.39 is 0 Å². The first-order valence-electron chi connectivity index (χ1n) is 8.89. The van der Waals surface area contributed by atoms with Crippen LogP contribution in [0.15, 0.2) is 79.1 Å². The highest BCUT2D eigenvalue weighted by molar-refractivity contribution is 5.28. The molecular formula is C23H25NO2. The van der Waals surface area contributed by atoms with Crippen LogP contribution in [0.2, 0.25) is 0 Å². The Morgan fingerprint density at radius 3 is 2.19 bits per heavy atom. The Bertz CT molecular complexity index is 783. The molecule has 1 aromatic heterocycles. The second kappa shape index (κ2) is 8.63. The van der Waals surface area contributed by atoms with E-state index in [0.717, 1.165) is 17.7 Å². The number of rotatable bonds is 8. The molecule has 0 radical (unpaired) electrons. The van der Waals surface area contributed by atoms with Crippen LogP contribution in [0, 0.1) is 0 Å². The number of pyridine rings is 1. The van der Waals surface area contributed by atoms with Gasteiger partial charge in [-0.25, -0.2) is 0 Å². The summed E-state index contributed by atoms with van der Waals surface area (Å²) in [5, 5.41) is 0. The molecule has 2 aromatic carbocycles. The van der Waals surface area contributed by atoms with Crippen molar-refractivity contribution in [3.8, 4) is 5.75 Å². The summed E-state index contributed by atoms with van der Waals surface area (Å²) >= 11 is 0. The van der Waals surface area contributed by atoms with Gasteiger partial charge < -0.3 is 9.47 Å². The minimum absolute atomic E-state index is 0.228. The van der Waals surface area contributed by atoms with Gasteiger partial charge in [0, 0.05) is 24.4 Å². The molecule has 0 unspecified atom stereocenters. The average molecular weight is 347 g/mol. The third kappa shape index (κ3) is 5.71. The zero-order valence-corrected chi connectivity index (χ0v) is 15.4. The van der Waals surface area contributed by atoms with Gasteiger partial charge in [-0.15, -0.1) is 0 Å². The summed E-state index contributed by atoms with van der Waals surface area (Å²) < 4.78 is 11.9. The summed E-state index contributed by atoms with van der Waals surface area (Å²) in [6.07, 6.45) is 4.43. The molecule has 3 nitrogen and oxygen atoms in total. The first kappa shape index (κ1) is 18.2. The molecule has 0 fully saturated rings. The molecule has 0 aliphatic heterocycles. The van der Waals surface area contributed by atoms with Crippen LogP contribution in [0.25, 0.3) is 0 Å². The maximum atomic E-state index is 6.12. The van der Waals surface area contributed by atoms with E-state index in [-0.39, 0.29) is 5.60 Å². The van der Waals surface area contributed by atoms with Gasteiger partial charge in [0.2, 0.25) is 0 Å². The Kier molecular flexibility index (Phi) is 6.03. The van der Waals surface area contributed by atoms with Gasteiger partial charge in [-0.3, -0.25) is 4.98 Å². The lowest BCUT2D eigenvalue weighted by Gasteiger charge is -2.25. The van der Waals surface area contributed by atoms with Crippen LogP contribution >= 0.6 is 0 Å². The summed E-state index contributed by atoms with van der Waals surface area (Å²) in [7, 11) is 0. The lowest BCUT2D eigenvalue weighted by atomic mass is 9.98. The van der Waals surface area contributed by atoms with Crippen LogP contribution in [0.1, 0.15) is 30.5 Å². The minimum Gasteiger partial charge on any atom is -0.489 e. The van der Waals surface area contributed by atoms with Crippen molar-refractivity contribution in [2.24, 2.45) is 0 Å². The number of hydrogen-bond acceptors (Lipinski definition) is 3. The minimum atomic E-state index is -0.228. The Morgan fingerprint density at radius 1 is 0.769 bits per heavy atom. The van der Waals surface area contributed by atoms with Crippen molar-refractivity contribution in [2.45, 2.75) is 39.1 Å². The molecule has 0 spiro atoms. The molecule has 1 heterocycles. The van der Waals surface area contributed by atoms with Crippen LogP contribution < -0.4 is 4.74 Å². The standard InChI is InChI=1S/C23H25NO2/c1-23(2,26-18-20-7-4-3-5-8-20)15-19-10-12-22(13-11-19)25-17-21-9-6-14-24-16-21/h3-14,16H,15,17-18H2,1-2H3. The summed E-state index contributed by atoms with van der Waals surface area (Å²) in [6, 6.07) is 22.4. The van der Waals surface area contributed by atoms with Gasteiger partial charge in [-0.05, 0) is 43.2 Å². The van der Waals surface area contributed by atoms with E-state index in [2.05, 4.69) is 43.1 Å². The van der Waals surface area contributed by atoms with Crippen LogP contribution in [-0.4, -0.2) is 10.6 Å². The van der Waals surface area contributed by atoms with E-state index >= 15 is 0 Å². The zero-order chi connectivity index (χ0) is 18.2. The van der Waals surface area contributed by atoms with E-state index in [1.54, 1.807) is 6.20 Å². The molecule has 26 heavy (non-hydrogen) atoms. The second-order valence-corrected chi connectivity index (χ2v) is 7.00. The van der Waals surface area contributed by atoms with Gasteiger partial charge in [-0.2, -0.15) is 0 Å². The maximum Gasteiger partial charge on any atom is 0.119 e. The molecular weight excluding hydrogens is 322 g/mol. The fourth-order valence-electron chi connectivity index (χ4n) is 2.75. The van der Waals surface area contributed by atoms with Crippen molar-refractivity contribution in [1.29, 1.82) is 0 Å². The first-order valence-corrected chi connectivity index (χ1v) is 8.89. The number of ether oxygens (including phenoxy) is 2. The zero-order valence-electron chi connectivity index (χ0n) is 15.4. The molecule has 0 saturated heterocycles. The molecule has 0 amide bonds. The average Bonchev–Trinajstić information content (AvgIpc) is 2.67. The lowest BCUT2D eigenvalue weighted by Crippen LogP contribution is -2.27. The number of hydrogen-bond donors (Lipinski definition) is 0. The highest BCUT2D eigenvalue weighted by Gasteiger charge is 2.19. The molecule has 0 N–H and O–H groups in total. The van der Waals surface area contributed by atoms with E-state index in [0.29, 0.717) is 13.2 Å². The molecule has 0 atom stereocenters. The van der Waals surface area contributed by atoms with Crippen LogP contribution in [-0.2, 0) is 24.4 Å². The summed E-state index contributed by atoms with van der Waals surface area (Å²) in [4.78, 5) is 4.10. The largest absolute Gasteiger partial charge is 0.489 e. The third-order valence-corrected chi connectivity index (χ3v) is 4.15. The molecule has 0 bridgehead atoms. The maximum absolute atomic E-state index is 6.12. The lowest BCUT2D eigenvalue weighted by molar-refractivity contribution is -0.0287. The van der Waals surface area contributed by atoms with Crippen LogP contribution in [0.5, 0.6) is 5.75 Å². The second-order valence-electron chi connectivity index (χ2n) is 7.00. The molecule has 3 rings (SSSR count). The summed E-state index contributed by atoms with van der Waals surface area (Å²) in [5.74, 6) is 0.862. The summed E-state index contributed by atoms with van der Waals surface area (Å²) in [5.41, 5.74) is 3.26. The molecule has 0 aliphatic carbocycles. The van der Waals surface area contributed by atoms with Gasteiger partial charge in [-0.1, -0.05) is 48.5 Å². The van der Waals surface area contributed by atoms with Gasteiger partial charge in [0.05, 0.1) is 12.2 Å². The highest BCUT2D eigenvalue weighted by Crippen LogP contribution is 2.21. The number of nitrogens with zero attached hydrogens (tertiary/aromatic N) is 1. The number of benzene rings is 2. The smallest absolute Gasteiger partial charge is 0.119 e. The van der Waals surface area contributed by atoms with Gasteiger partial charge >= 0.3 is 0 Å². The molecule has 3 heteroatoms. The topological polar surface area (TPSA) is 31.4 Å². The van der Waals surface area contributed by atoms with Crippen LogP contribution in [0.3, 0.4) is 0 Å². The predicted octanol–water partition coefficient (Wildman–Crippen LogP) is 5.20. The molecule has 134 valence electrons. The van der Waals surface area contributed by atoms with Crippen molar-refractivity contribution < 1.29 is 9.47 Å². The van der Waals surface area contributed by atoms with E-state index in [9.17, 15) is 0 Å². The summed E-state index contributed by atoms with van der Waals surface area (Å²) in [6.45, 7) is 5.41. The Morgan fingerprint density at radius 2 is 1.50 bits per heavy atom. The van der Waals surface area contributed by atoms with Crippen LogP contribution in [0.4, 0.5) is 0 Å². The Labute approximate surface area is 155 Å². The third-order valence-electron chi connectivity index (χ3n) is 4.15. The van der Waals surface area contributed by atoms with E-state index in [1.165, 1.54) is 11.1 Å². The van der Waals surface area contributed by atoms with Gasteiger partial charge in [0.1, 0.15) is 12.4 Å². The van der Waals surface area contributed by atoms with E-state index in [4.69, 9.17) is 9.47 Å². The fraction of sp³-hybridized carbons (Fsp3) is 0.261. The van der Waals surface area contributed by atoms with Gasteiger partial charge in [0.15, 0.2) is 0 Å². The normalized spacial score (nSPS) is 11.3. The fourth-order valence-corrected chi connectivity index (χ4v) is 2.75. The quantitative estimate of drug-likeness (QED) is 0.561. The molecule has 3 aromatic rings. The number of aromatic nitrogens is 1. The first-order chi connectivity index (χ1) is 12.6. The monoisotopic (exact) mass is 347 g/mol. The van der Waals surface area contributed by atoms with Crippen molar-refractivity contribution in [3.05, 3.63) is 95.8 Å². The van der Waals surface area contributed by atoms with E-state index in [1.807, 2.05) is 48.7 Å². The predicted molar refractivity (Wildman–Crippen MR) is 104 cm³/mol. The van der Waals surface area contributed by atoms with Crippen molar-refractivity contribution in [3.63, 3.8) is 0 Å². The van der Waals surface area contributed by atoms with Crippen molar-refractivity contribution in [1.82, 2.24) is 4.98 Å². The SMILES string of the molecule is CC(C)(Cc1ccc(OCc2cccnc2)cc1)OCc1ccccc1.